The van der Waals surface area contributed by atoms with Crippen molar-refractivity contribution in [3.8, 4) is 5.75 Å². The Balaban J connectivity index is 1.80. The SMILES string of the molecule is CC(C)(C)OC(=O)N1CCC(NCc2ccccc2OC(F)F)CC1. The minimum atomic E-state index is -2.83. The van der Waals surface area contributed by atoms with E-state index in [1.54, 1.807) is 23.1 Å². The Morgan fingerprint density at radius 3 is 2.52 bits per heavy atom. The lowest BCUT2D eigenvalue weighted by Crippen LogP contribution is -2.46. The first-order valence-corrected chi connectivity index (χ1v) is 8.48. The lowest BCUT2D eigenvalue weighted by atomic mass is 10.0. The van der Waals surface area contributed by atoms with Crippen LogP contribution in [0.25, 0.3) is 0 Å². The maximum absolute atomic E-state index is 12.4. The van der Waals surface area contributed by atoms with Crippen LogP contribution in [-0.2, 0) is 11.3 Å². The first-order chi connectivity index (χ1) is 11.7. The monoisotopic (exact) mass is 356 g/mol. The summed E-state index contributed by atoms with van der Waals surface area (Å²) in [6.45, 7) is 4.37. The number of hydrogen-bond acceptors (Lipinski definition) is 4. The molecule has 1 saturated heterocycles. The Morgan fingerprint density at radius 2 is 1.92 bits per heavy atom. The zero-order valence-corrected chi connectivity index (χ0v) is 14.9. The predicted octanol–water partition coefficient (Wildman–Crippen LogP) is 3.78. The molecule has 1 aliphatic rings. The summed E-state index contributed by atoms with van der Waals surface area (Å²) in [5.74, 6) is 0.191. The fraction of sp³-hybridized carbons (Fsp3) is 0.611. The summed E-state index contributed by atoms with van der Waals surface area (Å²) >= 11 is 0. The largest absolute Gasteiger partial charge is 0.444 e. The van der Waals surface area contributed by atoms with E-state index in [2.05, 4.69) is 10.1 Å². The number of carbonyl (C=O) groups is 1. The molecule has 5 nitrogen and oxygen atoms in total. The van der Waals surface area contributed by atoms with Crippen LogP contribution in [0.1, 0.15) is 39.2 Å². The first kappa shape index (κ1) is 19.4. The standard InChI is InChI=1S/C18H26F2N2O3/c1-18(2,3)25-17(23)22-10-8-14(9-11-22)21-12-13-6-4-5-7-15(13)24-16(19)20/h4-7,14,16,21H,8-12H2,1-3H3. The molecule has 0 saturated carbocycles. The highest BCUT2D eigenvalue weighted by atomic mass is 19.3. The van der Waals surface area contributed by atoms with Gasteiger partial charge in [-0.1, -0.05) is 18.2 Å². The van der Waals surface area contributed by atoms with Crippen LogP contribution in [0.15, 0.2) is 24.3 Å². The zero-order chi connectivity index (χ0) is 18.4. The van der Waals surface area contributed by atoms with E-state index in [0.717, 1.165) is 12.8 Å². The van der Waals surface area contributed by atoms with Gasteiger partial charge < -0.3 is 19.7 Å². The number of halogens is 2. The molecule has 1 aromatic rings. The molecule has 0 unspecified atom stereocenters. The topological polar surface area (TPSA) is 50.8 Å². The average molecular weight is 356 g/mol. The molecule has 7 heteroatoms. The summed E-state index contributed by atoms with van der Waals surface area (Å²) < 4.78 is 34.8. The van der Waals surface area contributed by atoms with E-state index < -0.39 is 12.2 Å². The summed E-state index contributed by atoms with van der Waals surface area (Å²) in [6.07, 6.45) is 1.29. The average Bonchev–Trinajstić information content (AvgIpc) is 2.52. The minimum absolute atomic E-state index is 0.191. The molecule has 140 valence electrons. The van der Waals surface area contributed by atoms with Gasteiger partial charge in [-0.25, -0.2) is 4.79 Å². The van der Waals surface area contributed by atoms with Crippen molar-refractivity contribution in [3.05, 3.63) is 29.8 Å². The second-order valence-corrected chi connectivity index (χ2v) is 7.11. The Hall–Kier alpha value is -1.89. The number of nitrogens with zero attached hydrogens (tertiary/aromatic N) is 1. The summed E-state index contributed by atoms with van der Waals surface area (Å²) in [5.41, 5.74) is 0.193. The van der Waals surface area contributed by atoms with Crippen LogP contribution in [0.4, 0.5) is 13.6 Å². The number of alkyl halides is 2. The lowest BCUT2D eigenvalue weighted by Gasteiger charge is -2.33. The van der Waals surface area contributed by atoms with Crippen LogP contribution in [0.5, 0.6) is 5.75 Å². The van der Waals surface area contributed by atoms with Crippen molar-refractivity contribution in [3.63, 3.8) is 0 Å². The highest BCUT2D eigenvalue weighted by molar-refractivity contribution is 5.68. The summed E-state index contributed by atoms with van der Waals surface area (Å²) in [4.78, 5) is 13.7. The number of amides is 1. The quantitative estimate of drug-likeness (QED) is 0.872. The number of piperidine rings is 1. The molecule has 1 aromatic carbocycles. The smallest absolute Gasteiger partial charge is 0.410 e. The first-order valence-electron chi connectivity index (χ1n) is 8.48. The lowest BCUT2D eigenvalue weighted by molar-refractivity contribution is -0.0505. The van der Waals surface area contributed by atoms with E-state index in [1.165, 1.54) is 6.07 Å². The molecule has 1 amide bonds. The van der Waals surface area contributed by atoms with Crippen molar-refractivity contribution < 1.29 is 23.0 Å². The van der Waals surface area contributed by atoms with Crippen molar-refractivity contribution in [2.24, 2.45) is 0 Å². The van der Waals surface area contributed by atoms with Gasteiger partial charge in [0.15, 0.2) is 0 Å². The molecule has 0 aliphatic carbocycles. The van der Waals surface area contributed by atoms with Gasteiger partial charge in [-0.15, -0.1) is 0 Å². The van der Waals surface area contributed by atoms with E-state index in [1.807, 2.05) is 20.8 Å². The number of para-hydroxylation sites is 1. The van der Waals surface area contributed by atoms with Gasteiger partial charge in [0.2, 0.25) is 0 Å². The molecule has 1 fully saturated rings. The number of carbonyl (C=O) groups excluding carboxylic acids is 1. The van der Waals surface area contributed by atoms with Crippen molar-refractivity contribution in [1.82, 2.24) is 10.2 Å². The fourth-order valence-corrected chi connectivity index (χ4v) is 2.71. The highest BCUT2D eigenvalue weighted by Gasteiger charge is 2.26. The highest BCUT2D eigenvalue weighted by Crippen LogP contribution is 2.21. The Bertz CT molecular complexity index is 568. The normalized spacial score (nSPS) is 16.2. The zero-order valence-electron chi connectivity index (χ0n) is 14.9. The molecule has 1 aliphatic heterocycles. The molecule has 0 aromatic heterocycles. The molecule has 0 radical (unpaired) electrons. The predicted molar refractivity (Wildman–Crippen MR) is 90.7 cm³/mol. The van der Waals surface area contributed by atoms with Crippen LogP contribution in [0, 0.1) is 0 Å². The Morgan fingerprint density at radius 1 is 1.28 bits per heavy atom. The van der Waals surface area contributed by atoms with Gasteiger partial charge in [-0.3, -0.25) is 0 Å². The number of nitrogens with one attached hydrogen (secondary N) is 1. The Labute approximate surface area is 147 Å². The third-order valence-corrected chi connectivity index (χ3v) is 3.92. The van der Waals surface area contributed by atoms with Gasteiger partial charge in [0.05, 0.1) is 0 Å². The third kappa shape index (κ3) is 6.49. The molecule has 2 rings (SSSR count). The summed E-state index contributed by atoms with van der Waals surface area (Å²) in [7, 11) is 0. The van der Waals surface area contributed by atoms with Gasteiger partial charge in [-0.05, 0) is 39.7 Å². The van der Waals surface area contributed by atoms with Gasteiger partial charge >= 0.3 is 12.7 Å². The minimum Gasteiger partial charge on any atom is -0.444 e. The second-order valence-electron chi connectivity index (χ2n) is 7.11. The molecule has 0 atom stereocenters. The van der Waals surface area contributed by atoms with Crippen LogP contribution >= 0.6 is 0 Å². The van der Waals surface area contributed by atoms with E-state index in [4.69, 9.17) is 4.74 Å². The molecule has 0 bridgehead atoms. The molecular weight excluding hydrogens is 330 g/mol. The Kier molecular flexibility index (Phi) is 6.58. The molecule has 1 N–H and O–H groups in total. The summed E-state index contributed by atoms with van der Waals surface area (Å²) in [5, 5.41) is 3.36. The van der Waals surface area contributed by atoms with Gasteiger partial charge in [0, 0.05) is 31.2 Å². The molecule has 0 spiro atoms. The van der Waals surface area contributed by atoms with Gasteiger partial charge in [-0.2, -0.15) is 8.78 Å². The van der Waals surface area contributed by atoms with Crippen LogP contribution in [0.3, 0.4) is 0 Å². The number of hydrogen-bond donors (Lipinski definition) is 1. The van der Waals surface area contributed by atoms with Gasteiger partial charge in [0.1, 0.15) is 11.4 Å². The third-order valence-electron chi connectivity index (χ3n) is 3.92. The van der Waals surface area contributed by atoms with E-state index in [9.17, 15) is 13.6 Å². The fourth-order valence-electron chi connectivity index (χ4n) is 2.71. The van der Waals surface area contributed by atoms with Crippen molar-refractivity contribution >= 4 is 6.09 Å². The van der Waals surface area contributed by atoms with Crippen LogP contribution < -0.4 is 10.1 Å². The maximum atomic E-state index is 12.4. The van der Waals surface area contributed by atoms with Crippen LogP contribution in [0.2, 0.25) is 0 Å². The van der Waals surface area contributed by atoms with Crippen molar-refractivity contribution in [2.75, 3.05) is 13.1 Å². The van der Waals surface area contributed by atoms with E-state index >= 15 is 0 Å². The maximum Gasteiger partial charge on any atom is 0.410 e. The van der Waals surface area contributed by atoms with E-state index in [0.29, 0.717) is 25.2 Å². The van der Waals surface area contributed by atoms with Gasteiger partial charge in [0.25, 0.3) is 0 Å². The number of ether oxygens (including phenoxy) is 2. The van der Waals surface area contributed by atoms with Crippen molar-refractivity contribution in [1.29, 1.82) is 0 Å². The number of benzene rings is 1. The number of rotatable bonds is 5. The molecular formula is C18H26F2N2O3. The number of likely N-dealkylation sites (tertiary alicyclic amines) is 1. The molecule has 25 heavy (non-hydrogen) atoms. The second kappa shape index (κ2) is 8.47. The van der Waals surface area contributed by atoms with Crippen molar-refractivity contribution in [2.45, 2.75) is 58.4 Å². The summed E-state index contributed by atoms with van der Waals surface area (Å²) in [6, 6.07) is 6.98. The van der Waals surface area contributed by atoms with Crippen LogP contribution in [-0.4, -0.2) is 42.3 Å². The van der Waals surface area contributed by atoms with E-state index in [-0.39, 0.29) is 17.9 Å². The molecule has 1 heterocycles.